The van der Waals surface area contributed by atoms with Gasteiger partial charge in [-0.15, -0.1) is 0 Å². The van der Waals surface area contributed by atoms with Crippen molar-refractivity contribution in [3.05, 3.63) is 69.3 Å². The molecular formula is C19H18F2N2O5. The Morgan fingerprint density at radius 1 is 1.14 bits per heavy atom. The van der Waals surface area contributed by atoms with E-state index in [1.807, 2.05) is 0 Å². The Labute approximate surface area is 159 Å². The van der Waals surface area contributed by atoms with Gasteiger partial charge in [-0.1, -0.05) is 0 Å². The van der Waals surface area contributed by atoms with Gasteiger partial charge in [0, 0.05) is 17.3 Å². The average Bonchev–Trinajstić information content (AvgIpc) is 2.55. The molecule has 0 heterocycles. The van der Waals surface area contributed by atoms with Crippen LogP contribution in [0, 0.1) is 21.7 Å². The van der Waals surface area contributed by atoms with Crippen LogP contribution in [-0.2, 0) is 16.0 Å². The van der Waals surface area contributed by atoms with E-state index >= 15 is 0 Å². The van der Waals surface area contributed by atoms with E-state index in [1.54, 1.807) is 20.8 Å². The van der Waals surface area contributed by atoms with E-state index in [-0.39, 0.29) is 23.2 Å². The number of benzene rings is 2. The summed E-state index contributed by atoms with van der Waals surface area (Å²) < 4.78 is 32.2. The molecule has 0 aliphatic rings. The maximum absolute atomic E-state index is 13.6. The molecule has 2 aromatic carbocycles. The highest BCUT2D eigenvalue weighted by molar-refractivity contribution is 6.05. The van der Waals surface area contributed by atoms with E-state index in [2.05, 4.69) is 5.32 Å². The molecule has 0 atom stereocenters. The highest BCUT2D eigenvalue weighted by Gasteiger charge is 2.21. The van der Waals surface area contributed by atoms with E-state index in [1.165, 1.54) is 6.07 Å². The molecule has 2 rings (SSSR count). The molecule has 1 amide bonds. The number of anilines is 1. The fourth-order valence-corrected chi connectivity index (χ4v) is 2.35. The third-order valence-corrected chi connectivity index (χ3v) is 3.48. The SMILES string of the molecule is CC(C)(C)OC(=O)Cc1cc(F)ccc1NC(=O)c1ccc(F)c([N+](=O)[O-])c1. The van der Waals surface area contributed by atoms with Gasteiger partial charge in [-0.05, 0) is 56.7 Å². The van der Waals surface area contributed by atoms with Crippen LogP contribution in [0.25, 0.3) is 0 Å². The summed E-state index contributed by atoms with van der Waals surface area (Å²) in [6.45, 7) is 5.04. The van der Waals surface area contributed by atoms with Crippen LogP contribution in [0.2, 0.25) is 0 Å². The number of esters is 1. The van der Waals surface area contributed by atoms with Gasteiger partial charge in [0.2, 0.25) is 5.82 Å². The van der Waals surface area contributed by atoms with Gasteiger partial charge in [0.1, 0.15) is 11.4 Å². The molecule has 0 spiro atoms. The molecule has 0 aromatic heterocycles. The number of ether oxygens (including phenoxy) is 1. The van der Waals surface area contributed by atoms with E-state index in [0.717, 1.165) is 30.3 Å². The lowest BCUT2D eigenvalue weighted by Crippen LogP contribution is -2.25. The average molecular weight is 392 g/mol. The first-order valence-corrected chi connectivity index (χ1v) is 8.22. The van der Waals surface area contributed by atoms with Crippen molar-refractivity contribution in [2.45, 2.75) is 32.8 Å². The van der Waals surface area contributed by atoms with Crippen LogP contribution in [0.5, 0.6) is 0 Å². The summed E-state index contributed by atoms with van der Waals surface area (Å²) in [5.74, 6) is -3.09. The van der Waals surface area contributed by atoms with E-state index < -0.39 is 39.7 Å². The van der Waals surface area contributed by atoms with E-state index in [9.17, 15) is 28.5 Å². The highest BCUT2D eigenvalue weighted by Crippen LogP contribution is 2.23. The number of nitrogens with one attached hydrogen (secondary N) is 1. The molecule has 2 aromatic rings. The maximum Gasteiger partial charge on any atom is 0.310 e. The van der Waals surface area contributed by atoms with Crippen LogP contribution < -0.4 is 5.32 Å². The third kappa shape index (κ3) is 5.57. The second kappa shape index (κ2) is 8.12. The monoisotopic (exact) mass is 392 g/mol. The summed E-state index contributed by atoms with van der Waals surface area (Å²) in [4.78, 5) is 34.3. The summed E-state index contributed by atoms with van der Waals surface area (Å²) in [5.41, 5.74) is -1.45. The van der Waals surface area contributed by atoms with Crippen molar-refractivity contribution >= 4 is 23.3 Å². The number of nitro groups is 1. The zero-order valence-corrected chi connectivity index (χ0v) is 15.4. The number of nitro benzene ring substituents is 1. The predicted molar refractivity (Wildman–Crippen MR) is 97.0 cm³/mol. The second-order valence-corrected chi connectivity index (χ2v) is 6.94. The van der Waals surface area contributed by atoms with Crippen LogP contribution >= 0.6 is 0 Å². The summed E-state index contributed by atoms with van der Waals surface area (Å²) in [7, 11) is 0. The van der Waals surface area contributed by atoms with Crippen LogP contribution in [0.1, 0.15) is 36.7 Å². The molecule has 0 bridgehead atoms. The molecule has 28 heavy (non-hydrogen) atoms. The van der Waals surface area contributed by atoms with Crippen molar-refractivity contribution < 1.29 is 28.0 Å². The number of rotatable bonds is 5. The first-order valence-electron chi connectivity index (χ1n) is 8.22. The van der Waals surface area contributed by atoms with Crippen molar-refractivity contribution in [3.63, 3.8) is 0 Å². The molecular weight excluding hydrogens is 374 g/mol. The van der Waals surface area contributed by atoms with Crippen molar-refractivity contribution in [1.29, 1.82) is 0 Å². The lowest BCUT2D eigenvalue weighted by atomic mass is 10.1. The zero-order chi connectivity index (χ0) is 21.1. The molecule has 0 aliphatic carbocycles. The third-order valence-electron chi connectivity index (χ3n) is 3.48. The highest BCUT2D eigenvalue weighted by atomic mass is 19.1. The van der Waals surface area contributed by atoms with Crippen LogP contribution in [0.15, 0.2) is 36.4 Å². The molecule has 0 fully saturated rings. The lowest BCUT2D eigenvalue weighted by Gasteiger charge is -2.20. The Hall–Kier alpha value is -3.36. The van der Waals surface area contributed by atoms with Gasteiger partial charge in [-0.2, -0.15) is 4.39 Å². The Bertz CT molecular complexity index is 938. The number of nitrogens with zero attached hydrogens (tertiary/aromatic N) is 1. The molecule has 1 N–H and O–H groups in total. The molecule has 0 unspecified atom stereocenters. The number of amides is 1. The van der Waals surface area contributed by atoms with Crippen molar-refractivity contribution in [1.82, 2.24) is 0 Å². The Morgan fingerprint density at radius 3 is 2.43 bits per heavy atom. The van der Waals surface area contributed by atoms with Crippen molar-refractivity contribution in [2.24, 2.45) is 0 Å². The summed E-state index contributed by atoms with van der Waals surface area (Å²) in [6, 6.07) is 6.09. The second-order valence-electron chi connectivity index (χ2n) is 6.94. The van der Waals surface area contributed by atoms with Gasteiger partial charge in [0.05, 0.1) is 11.3 Å². The summed E-state index contributed by atoms with van der Waals surface area (Å²) in [5, 5.41) is 13.3. The van der Waals surface area contributed by atoms with Gasteiger partial charge < -0.3 is 10.1 Å². The van der Waals surface area contributed by atoms with Gasteiger partial charge in [-0.25, -0.2) is 4.39 Å². The minimum absolute atomic E-state index is 0.129. The van der Waals surface area contributed by atoms with Gasteiger partial charge in [0.25, 0.3) is 5.91 Å². The Morgan fingerprint density at radius 2 is 1.82 bits per heavy atom. The Kier molecular flexibility index (Phi) is 6.07. The first kappa shape index (κ1) is 20.9. The van der Waals surface area contributed by atoms with Crippen LogP contribution in [0.3, 0.4) is 0 Å². The fourth-order valence-electron chi connectivity index (χ4n) is 2.35. The topological polar surface area (TPSA) is 98.5 Å². The number of halogens is 2. The smallest absolute Gasteiger partial charge is 0.310 e. The van der Waals surface area contributed by atoms with Crippen LogP contribution in [0.4, 0.5) is 20.2 Å². The number of hydrogen-bond acceptors (Lipinski definition) is 5. The Balaban J connectivity index is 2.26. The first-order chi connectivity index (χ1) is 13.0. The minimum Gasteiger partial charge on any atom is -0.460 e. The quantitative estimate of drug-likeness (QED) is 0.471. The largest absolute Gasteiger partial charge is 0.460 e. The molecule has 0 saturated carbocycles. The number of carbonyl (C=O) groups excluding carboxylic acids is 2. The number of carbonyl (C=O) groups is 2. The number of hydrogen-bond donors (Lipinski definition) is 1. The predicted octanol–water partition coefficient (Wildman–Crippen LogP) is 4.01. The van der Waals surface area contributed by atoms with Gasteiger partial charge >= 0.3 is 11.7 Å². The zero-order valence-electron chi connectivity index (χ0n) is 15.4. The van der Waals surface area contributed by atoms with Crippen molar-refractivity contribution in [3.8, 4) is 0 Å². The van der Waals surface area contributed by atoms with Gasteiger partial charge in [0.15, 0.2) is 0 Å². The van der Waals surface area contributed by atoms with Gasteiger partial charge in [-0.3, -0.25) is 19.7 Å². The standard InChI is InChI=1S/C19H18F2N2O5/c1-19(2,3)28-17(24)10-12-8-13(20)5-7-15(12)22-18(25)11-4-6-14(21)16(9-11)23(26)27/h4-9H,10H2,1-3H3,(H,22,25). The minimum atomic E-state index is -1.08. The fraction of sp³-hybridized carbons (Fsp3) is 0.263. The molecule has 0 saturated heterocycles. The summed E-state index contributed by atoms with van der Waals surface area (Å²) >= 11 is 0. The molecule has 9 heteroatoms. The summed E-state index contributed by atoms with van der Waals surface area (Å²) in [6.07, 6.45) is -0.297. The maximum atomic E-state index is 13.6. The molecule has 0 aliphatic heterocycles. The van der Waals surface area contributed by atoms with E-state index in [4.69, 9.17) is 4.74 Å². The van der Waals surface area contributed by atoms with Crippen molar-refractivity contribution in [2.75, 3.05) is 5.32 Å². The normalized spacial score (nSPS) is 11.0. The van der Waals surface area contributed by atoms with Crippen LogP contribution in [-0.4, -0.2) is 22.4 Å². The molecule has 148 valence electrons. The van der Waals surface area contributed by atoms with E-state index in [0.29, 0.717) is 0 Å². The molecule has 0 radical (unpaired) electrons. The molecule has 7 nitrogen and oxygen atoms in total. The lowest BCUT2D eigenvalue weighted by molar-refractivity contribution is -0.387.